The van der Waals surface area contributed by atoms with Gasteiger partial charge in [-0.15, -0.1) is 51.8 Å². The Morgan fingerprint density at radius 3 is 2.23 bits per heavy atom. The number of nitrogens with zero attached hydrogens (tertiary/aromatic N) is 1. The van der Waals surface area contributed by atoms with Crippen molar-refractivity contribution >= 4 is 70.8 Å². The number of nitrogens with one attached hydrogen (secondary N) is 1. The molecule has 5 aromatic rings. The van der Waals surface area contributed by atoms with E-state index in [2.05, 4.69) is 86.1 Å². The Kier molecular flexibility index (Phi) is 11.8. The number of aliphatic hydroxyl groups is 1. The number of allylic oxidation sites excluding steroid dienone is 2. The Morgan fingerprint density at radius 2 is 1.58 bits per heavy atom. The maximum atomic E-state index is 12.2. The number of hydrogen-bond donors (Lipinski definition) is 2. The van der Waals surface area contributed by atoms with Crippen molar-refractivity contribution < 1.29 is 30.0 Å². The molecule has 3 aromatic carbocycles. The molecule has 257 valence electrons. The third kappa shape index (κ3) is 7.35. The largest absolute Gasteiger partial charge is 0.512 e. The first-order valence-corrected chi connectivity index (χ1v) is 18.6. The zero-order valence-corrected chi connectivity index (χ0v) is 33.8. The van der Waals surface area contributed by atoms with Gasteiger partial charge in [0, 0.05) is 62.4 Å². The van der Waals surface area contributed by atoms with Gasteiger partial charge in [-0.05, 0) is 60.1 Å². The van der Waals surface area contributed by atoms with Crippen molar-refractivity contribution in [2.45, 2.75) is 93.4 Å². The van der Waals surface area contributed by atoms with Gasteiger partial charge in [0.25, 0.3) is 0 Å². The number of rotatable bonds is 8. The van der Waals surface area contributed by atoms with Gasteiger partial charge in [-0.2, -0.15) is 0 Å². The molecular weight excluding hydrogens is 809 g/mol. The summed E-state index contributed by atoms with van der Waals surface area (Å²) < 4.78 is 2.65. The minimum atomic E-state index is -0.337. The quantitative estimate of drug-likeness (QED) is 0.0928. The third-order valence-electron chi connectivity index (χ3n) is 10.4. The Hall–Kier alpha value is -2.83. The molecule has 2 aromatic heterocycles. The van der Waals surface area contributed by atoms with Gasteiger partial charge in [-0.3, -0.25) is 4.79 Å². The van der Waals surface area contributed by atoms with E-state index < -0.39 is 0 Å². The molecule has 1 radical (unpaired) electrons. The van der Waals surface area contributed by atoms with Crippen molar-refractivity contribution in [1.29, 1.82) is 0 Å². The van der Waals surface area contributed by atoms with Crippen LogP contribution in [0.3, 0.4) is 0 Å². The molecule has 48 heavy (non-hydrogen) atoms. The normalized spacial score (nSPS) is 13.8. The van der Waals surface area contributed by atoms with Gasteiger partial charge in [0.2, 0.25) is 0 Å². The fourth-order valence-electron chi connectivity index (χ4n) is 6.03. The van der Waals surface area contributed by atoms with Gasteiger partial charge in [-0.1, -0.05) is 91.5 Å². The third-order valence-corrected chi connectivity index (χ3v) is 12.5. The fraction of sp³-hybridized carbons (Fsp3) is 0.415. The van der Waals surface area contributed by atoms with Gasteiger partial charge in [0.15, 0.2) is 5.78 Å². The number of benzene rings is 3. The maximum Gasteiger partial charge on any atom is 0.164 e. The first-order valence-electron chi connectivity index (χ1n) is 16.9. The Labute approximate surface area is 308 Å². The maximum absolute atomic E-state index is 12.2. The van der Waals surface area contributed by atoms with Crippen LogP contribution in [0.2, 0.25) is 0 Å². The van der Waals surface area contributed by atoms with Gasteiger partial charge in [-0.25, -0.2) is 0 Å². The second kappa shape index (κ2) is 15.0. The van der Waals surface area contributed by atoms with Crippen molar-refractivity contribution in [2.24, 2.45) is 15.8 Å². The summed E-state index contributed by atoms with van der Waals surface area (Å²) in [4.78, 5) is 18.3. The van der Waals surface area contributed by atoms with Crippen molar-refractivity contribution in [1.82, 2.24) is 0 Å². The van der Waals surface area contributed by atoms with Crippen LogP contribution in [0.5, 0.6) is 0 Å². The molecule has 2 N–H and O–H groups in total. The summed E-state index contributed by atoms with van der Waals surface area (Å²) in [6.45, 7) is 19.5. The monoisotopic (exact) mass is 858 g/mol. The molecule has 0 aliphatic carbocycles. The van der Waals surface area contributed by atoms with E-state index in [9.17, 15) is 9.90 Å². The van der Waals surface area contributed by atoms with E-state index in [0.717, 1.165) is 42.3 Å². The molecule has 0 amide bonds. The van der Waals surface area contributed by atoms with Gasteiger partial charge < -0.3 is 15.4 Å². The Bertz CT molecular complexity index is 1980. The molecular formula is C41H49IrN2O2S2-. The molecule has 0 spiro atoms. The summed E-state index contributed by atoms with van der Waals surface area (Å²) in [5.41, 5.74) is 4.15. The van der Waals surface area contributed by atoms with Crippen LogP contribution in [-0.4, -0.2) is 23.3 Å². The average Bonchev–Trinajstić information content (AvgIpc) is 3.69. The molecule has 0 saturated heterocycles. The molecule has 6 rings (SSSR count). The molecule has 1 aliphatic rings. The van der Waals surface area contributed by atoms with Crippen molar-refractivity contribution in [3.05, 3.63) is 87.8 Å². The number of thiophene rings is 2. The summed E-state index contributed by atoms with van der Waals surface area (Å²) in [7, 11) is 0. The summed E-state index contributed by atoms with van der Waals surface area (Å²) in [5, 5.41) is 20.9. The van der Waals surface area contributed by atoms with Crippen molar-refractivity contribution in [3.63, 3.8) is 0 Å². The van der Waals surface area contributed by atoms with E-state index in [4.69, 9.17) is 4.99 Å². The van der Waals surface area contributed by atoms with Crippen LogP contribution in [0.15, 0.2) is 70.7 Å². The zero-order valence-electron chi connectivity index (χ0n) is 29.8. The number of fused-ring (bicyclic) bond motifs is 5. The van der Waals surface area contributed by atoms with Crippen LogP contribution < -0.4 is 5.32 Å². The van der Waals surface area contributed by atoms with E-state index in [1.54, 1.807) is 11.3 Å². The molecule has 0 unspecified atom stereocenters. The van der Waals surface area contributed by atoms with E-state index in [0.29, 0.717) is 6.67 Å². The number of hydrogen-bond acceptors (Lipinski definition) is 6. The van der Waals surface area contributed by atoms with E-state index in [1.165, 1.54) is 47.8 Å². The molecule has 0 atom stereocenters. The molecule has 3 heterocycles. The summed E-state index contributed by atoms with van der Waals surface area (Å²) in [6, 6.07) is 21.4. The van der Waals surface area contributed by atoms with Crippen LogP contribution in [0.4, 0.5) is 5.69 Å². The average molecular weight is 858 g/mol. The molecule has 0 saturated carbocycles. The SMILES string of the molecule is CC(C)(C)c1cc(C2=NCNc3c2sc2cc4sccc4cc32)[c-]c2ccccc12.CCC(C)(CC)C(=O)/C=C(\O)C(C)(CC)CC.[Ir]. The second-order valence-electron chi connectivity index (χ2n) is 14.3. The summed E-state index contributed by atoms with van der Waals surface area (Å²) in [5.74, 6) is 0.286. The van der Waals surface area contributed by atoms with Gasteiger partial charge >= 0.3 is 0 Å². The number of carbonyl (C=O) groups is 1. The second-order valence-corrected chi connectivity index (χ2v) is 16.3. The smallest absolute Gasteiger partial charge is 0.164 e. The van der Waals surface area contributed by atoms with Crippen LogP contribution in [-0.2, 0) is 30.3 Å². The summed E-state index contributed by atoms with van der Waals surface area (Å²) >= 11 is 3.63. The Balaban J connectivity index is 0.000000251. The predicted octanol–water partition coefficient (Wildman–Crippen LogP) is 12.2. The number of ketones is 1. The minimum absolute atomic E-state index is 0. The Morgan fingerprint density at radius 1 is 0.917 bits per heavy atom. The number of aliphatic hydroxyl groups excluding tert-OH is 1. The molecule has 1 aliphatic heterocycles. The van der Waals surface area contributed by atoms with Crippen molar-refractivity contribution in [3.8, 4) is 0 Å². The van der Waals surface area contributed by atoms with Crippen molar-refractivity contribution in [2.75, 3.05) is 12.0 Å². The fourth-order valence-corrected chi connectivity index (χ4v) is 8.14. The molecule has 0 fully saturated rings. The topological polar surface area (TPSA) is 61.7 Å². The van der Waals surface area contributed by atoms with E-state index in [-0.39, 0.29) is 47.9 Å². The van der Waals surface area contributed by atoms with Gasteiger partial charge in [0.05, 0.1) is 12.4 Å². The first-order chi connectivity index (χ1) is 22.3. The van der Waals surface area contributed by atoms with Crippen LogP contribution in [0.1, 0.15) is 104 Å². The minimum Gasteiger partial charge on any atom is -0.512 e. The van der Waals surface area contributed by atoms with E-state index in [1.807, 2.05) is 52.9 Å². The van der Waals surface area contributed by atoms with Crippen LogP contribution >= 0.6 is 22.7 Å². The predicted molar refractivity (Wildman–Crippen MR) is 206 cm³/mol. The number of aliphatic imine (C=N–C) groups is 1. The molecule has 0 bridgehead atoms. The summed E-state index contributed by atoms with van der Waals surface area (Å²) in [6.07, 6.45) is 4.75. The zero-order chi connectivity index (χ0) is 34.1. The number of anilines is 1. The number of carbonyl (C=O) groups excluding carboxylic acids is 1. The van der Waals surface area contributed by atoms with Crippen LogP contribution in [0.25, 0.3) is 30.9 Å². The van der Waals surface area contributed by atoms with Crippen LogP contribution in [0, 0.1) is 16.9 Å². The molecule has 7 heteroatoms. The molecule has 4 nitrogen and oxygen atoms in total. The standard InChI is InChI=1S/C26H21N2S2.C15H28O2.Ir/c1-26(2,3)20-12-17(10-15-6-4-5-7-18(15)20)23-25-24(28-14-27-23)19-11-16-8-9-29-21(16)13-22(19)30-25;1-7-14(5,8-2)12(16)11-13(17)15(6,9-3)10-4;/h4-9,11-13,28H,14H2,1-3H3;11,16H,7-10H2,1-6H3;/q-1;;/b;12-11-;. The van der Waals surface area contributed by atoms with Gasteiger partial charge in [0.1, 0.15) is 5.76 Å². The van der Waals surface area contributed by atoms with E-state index >= 15 is 0 Å². The first kappa shape index (κ1) is 38.0.